The quantitative estimate of drug-likeness (QED) is 0.699. The summed E-state index contributed by atoms with van der Waals surface area (Å²) < 4.78 is 0. The Morgan fingerprint density at radius 1 is 1.17 bits per heavy atom. The molecule has 0 unspecified atom stereocenters. The fourth-order valence-corrected chi connectivity index (χ4v) is 1.09. The number of carboxylic acids is 1. The van der Waals surface area contributed by atoms with E-state index >= 15 is 0 Å². The molecule has 1 rings (SSSR count). The predicted octanol–water partition coefficient (Wildman–Crippen LogP) is 0.664. The van der Waals surface area contributed by atoms with Crippen molar-refractivity contribution in [1.29, 1.82) is 0 Å². The van der Waals surface area contributed by atoms with Crippen molar-refractivity contribution < 1.29 is 37.6 Å². The Labute approximate surface area is 92.1 Å². The van der Waals surface area contributed by atoms with Crippen LogP contribution in [0.3, 0.4) is 0 Å². The van der Waals surface area contributed by atoms with Gasteiger partial charge in [0.15, 0.2) is 0 Å². The second-order valence-corrected chi connectivity index (χ2v) is 2.66. The van der Waals surface area contributed by atoms with Crippen molar-refractivity contribution in [2.45, 2.75) is 13.8 Å². The first kappa shape index (κ1) is 11.6. The van der Waals surface area contributed by atoms with Crippen molar-refractivity contribution in [3.05, 3.63) is 34.9 Å². The van der Waals surface area contributed by atoms with E-state index in [9.17, 15) is 9.90 Å². The molecule has 0 atom stereocenters. The van der Waals surface area contributed by atoms with Crippen LogP contribution in [0.1, 0.15) is 21.5 Å². The van der Waals surface area contributed by atoms with E-state index in [1.165, 1.54) is 0 Å². The molecule has 0 aliphatic heterocycles. The first-order chi connectivity index (χ1) is 5.09. The number of carbonyl (C=O) groups excluding carboxylic acids is 1. The van der Waals surface area contributed by atoms with E-state index in [2.05, 4.69) is 0 Å². The van der Waals surface area contributed by atoms with Gasteiger partial charge in [0.25, 0.3) is 0 Å². The average Bonchev–Trinajstić information content (AvgIpc) is 1.85. The molecule has 0 amide bonds. The molecule has 3 heteroatoms. The molecule has 0 N–H and O–H groups in total. The standard InChI is InChI=1S/C9H10O2.Hg/c1-6-3-7(2)5-8(4-6)9(10)11;/h3-5H,1-2H3,(H,10,11);/q;+1/p-1. The van der Waals surface area contributed by atoms with Gasteiger partial charge in [0.1, 0.15) is 0 Å². The summed E-state index contributed by atoms with van der Waals surface area (Å²) in [5, 5.41) is 10.4. The van der Waals surface area contributed by atoms with Crippen LogP contribution >= 0.6 is 0 Å². The molecule has 1 aromatic carbocycles. The van der Waals surface area contributed by atoms with Crippen molar-refractivity contribution in [3.8, 4) is 0 Å². The van der Waals surface area contributed by atoms with Gasteiger partial charge in [-0.1, -0.05) is 29.3 Å². The number of benzene rings is 1. The number of aromatic carboxylic acids is 1. The van der Waals surface area contributed by atoms with Gasteiger partial charge in [-0.25, -0.2) is 0 Å². The summed E-state index contributed by atoms with van der Waals surface area (Å²) in [6, 6.07) is 5.12. The molecule has 0 heterocycles. The van der Waals surface area contributed by atoms with Crippen molar-refractivity contribution in [2.75, 3.05) is 0 Å². The van der Waals surface area contributed by atoms with Gasteiger partial charge in [-0.3, -0.25) is 0 Å². The average molecular weight is 350 g/mol. The molecular weight excluding hydrogens is 341 g/mol. The number of carboxylic acid groups (broad SMARTS) is 1. The number of hydrogen-bond donors (Lipinski definition) is 0. The molecule has 0 saturated heterocycles. The third kappa shape index (κ3) is 2.93. The molecule has 12 heavy (non-hydrogen) atoms. The molecule has 0 aromatic heterocycles. The molecular formula is C9H9HgO2. The van der Waals surface area contributed by atoms with Gasteiger partial charge >= 0.3 is 27.7 Å². The van der Waals surface area contributed by atoms with Gasteiger partial charge in [0.05, 0.1) is 5.97 Å². The second-order valence-electron chi connectivity index (χ2n) is 2.66. The maximum absolute atomic E-state index is 10.4. The monoisotopic (exact) mass is 351 g/mol. The molecule has 1 radical (unpaired) electrons. The summed E-state index contributed by atoms with van der Waals surface area (Å²) in [5.41, 5.74) is 2.15. The van der Waals surface area contributed by atoms with E-state index in [0.29, 0.717) is 0 Å². The van der Waals surface area contributed by atoms with Gasteiger partial charge in [-0.15, -0.1) is 0 Å². The zero-order chi connectivity index (χ0) is 8.43. The van der Waals surface area contributed by atoms with Crippen LogP contribution in [0.25, 0.3) is 0 Å². The van der Waals surface area contributed by atoms with Crippen LogP contribution in [0.5, 0.6) is 0 Å². The first-order valence-corrected chi connectivity index (χ1v) is 3.39. The molecule has 0 aliphatic carbocycles. The van der Waals surface area contributed by atoms with Crippen LogP contribution in [-0.2, 0) is 27.7 Å². The minimum atomic E-state index is -1.11. The van der Waals surface area contributed by atoms with Crippen molar-refractivity contribution >= 4 is 5.97 Å². The van der Waals surface area contributed by atoms with Crippen molar-refractivity contribution in [1.82, 2.24) is 0 Å². The Bertz CT molecular complexity index is 274. The number of rotatable bonds is 1. The second kappa shape index (κ2) is 4.60. The topological polar surface area (TPSA) is 40.1 Å². The van der Waals surface area contributed by atoms with Crippen LogP contribution in [0, 0.1) is 13.8 Å². The van der Waals surface area contributed by atoms with Crippen LogP contribution in [0.2, 0.25) is 0 Å². The van der Waals surface area contributed by atoms with Gasteiger partial charge in [0.2, 0.25) is 0 Å². The summed E-state index contributed by atoms with van der Waals surface area (Å²) in [4.78, 5) is 10.4. The van der Waals surface area contributed by atoms with E-state index in [4.69, 9.17) is 0 Å². The molecule has 2 nitrogen and oxygen atoms in total. The Hall–Kier alpha value is -0.375. The number of hydrogen-bond acceptors (Lipinski definition) is 2. The maximum atomic E-state index is 10.4. The molecule has 0 saturated carbocycles. The Balaban J connectivity index is 0.00000121. The normalized spacial score (nSPS) is 8.83. The van der Waals surface area contributed by atoms with E-state index in [1.807, 2.05) is 19.9 Å². The minimum Gasteiger partial charge on any atom is -0.545 e. The molecule has 1 aromatic rings. The zero-order valence-corrected chi connectivity index (χ0v) is 12.8. The smallest absolute Gasteiger partial charge is 0.545 e. The maximum Gasteiger partial charge on any atom is 1.00 e. The van der Waals surface area contributed by atoms with Crippen LogP contribution < -0.4 is 5.11 Å². The van der Waals surface area contributed by atoms with Crippen LogP contribution in [-0.4, -0.2) is 5.97 Å². The van der Waals surface area contributed by atoms with E-state index in [1.54, 1.807) is 12.1 Å². The summed E-state index contributed by atoms with van der Waals surface area (Å²) in [7, 11) is 0. The fourth-order valence-electron chi connectivity index (χ4n) is 1.09. The minimum absolute atomic E-state index is 0. The van der Waals surface area contributed by atoms with Gasteiger partial charge < -0.3 is 9.90 Å². The van der Waals surface area contributed by atoms with Gasteiger partial charge in [-0.2, -0.15) is 0 Å². The molecule has 0 spiro atoms. The molecule has 59 valence electrons. The summed E-state index contributed by atoms with van der Waals surface area (Å²) >= 11 is 0. The fraction of sp³-hybridized carbons (Fsp3) is 0.222. The summed E-state index contributed by atoms with van der Waals surface area (Å²) in [6.07, 6.45) is 0. The Morgan fingerprint density at radius 2 is 1.58 bits per heavy atom. The molecule has 0 fully saturated rings. The predicted molar refractivity (Wildman–Crippen MR) is 40.2 cm³/mol. The van der Waals surface area contributed by atoms with E-state index < -0.39 is 5.97 Å². The SMILES string of the molecule is Cc1cc(C)cc(C(=O)[O-])c1.[Hg+]. The van der Waals surface area contributed by atoms with Gasteiger partial charge in [0, 0.05) is 0 Å². The third-order valence-electron chi connectivity index (χ3n) is 1.46. The van der Waals surface area contributed by atoms with E-state index in [0.717, 1.165) is 11.1 Å². The zero-order valence-electron chi connectivity index (χ0n) is 7.26. The van der Waals surface area contributed by atoms with Gasteiger partial charge in [-0.05, 0) is 19.4 Å². The number of carbonyl (C=O) groups is 1. The first-order valence-electron chi connectivity index (χ1n) is 3.39. The summed E-state index contributed by atoms with van der Waals surface area (Å²) in [6.45, 7) is 3.72. The largest absolute Gasteiger partial charge is 1.00 e. The van der Waals surface area contributed by atoms with Crippen molar-refractivity contribution in [2.24, 2.45) is 0 Å². The van der Waals surface area contributed by atoms with Crippen molar-refractivity contribution in [3.63, 3.8) is 0 Å². The van der Waals surface area contributed by atoms with E-state index in [-0.39, 0.29) is 33.2 Å². The molecule has 0 bridgehead atoms. The van der Waals surface area contributed by atoms with Crippen LogP contribution in [0.4, 0.5) is 0 Å². The third-order valence-corrected chi connectivity index (χ3v) is 1.46. The molecule has 0 aliphatic rings. The Morgan fingerprint density at radius 3 is 1.92 bits per heavy atom. The van der Waals surface area contributed by atoms with Crippen LogP contribution in [0.15, 0.2) is 18.2 Å². The Kier molecular flexibility index (Phi) is 4.46. The number of aryl methyl sites for hydroxylation is 2. The summed E-state index contributed by atoms with van der Waals surface area (Å²) in [5.74, 6) is -1.11.